The van der Waals surface area contributed by atoms with Gasteiger partial charge >= 0.3 is 0 Å². The number of pyridine rings is 1. The van der Waals surface area contributed by atoms with E-state index in [9.17, 15) is 0 Å². The molecule has 92 valence electrons. The molecular weight excluding hydrogens is 210 g/mol. The molecule has 2 saturated carbocycles. The van der Waals surface area contributed by atoms with Crippen LogP contribution in [0.5, 0.6) is 0 Å². The van der Waals surface area contributed by atoms with Gasteiger partial charge in [0.15, 0.2) is 0 Å². The van der Waals surface area contributed by atoms with E-state index in [-0.39, 0.29) is 0 Å². The third kappa shape index (κ3) is 2.71. The van der Waals surface area contributed by atoms with Gasteiger partial charge in [0.05, 0.1) is 23.8 Å². The topological polar surface area (TPSA) is 37.0 Å². The smallest absolute Gasteiger partial charge is 0.0549 e. The Morgan fingerprint density at radius 1 is 1.18 bits per heavy atom. The molecule has 0 radical (unpaired) electrons. The minimum atomic E-state index is 0.702. The maximum Gasteiger partial charge on any atom is 0.0549 e. The molecule has 0 atom stereocenters. The molecule has 17 heavy (non-hydrogen) atoms. The summed E-state index contributed by atoms with van der Waals surface area (Å²) in [6.45, 7) is 3.05. The standard InChI is InChI=1S/C14H21N3/c1-2-16-12-7-13(9-15-8-12)17-14(10-3-4-10)11-5-6-11/h7-11,14,16-17H,2-6H2,1H3. The molecule has 1 heterocycles. The Balaban J connectivity index is 1.67. The van der Waals surface area contributed by atoms with Crippen LogP contribution in [0, 0.1) is 11.8 Å². The molecule has 0 spiro atoms. The van der Waals surface area contributed by atoms with Gasteiger partial charge in [-0.15, -0.1) is 0 Å². The van der Waals surface area contributed by atoms with E-state index in [1.165, 1.54) is 31.4 Å². The predicted molar refractivity (Wildman–Crippen MR) is 71.3 cm³/mol. The van der Waals surface area contributed by atoms with Gasteiger partial charge in [-0.25, -0.2) is 0 Å². The van der Waals surface area contributed by atoms with Crippen LogP contribution in [0.25, 0.3) is 0 Å². The van der Waals surface area contributed by atoms with Gasteiger partial charge in [-0.05, 0) is 50.5 Å². The fraction of sp³-hybridized carbons (Fsp3) is 0.643. The highest BCUT2D eigenvalue weighted by Gasteiger charge is 2.41. The van der Waals surface area contributed by atoms with Crippen molar-refractivity contribution in [2.75, 3.05) is 17.2 Å². The largest absolute Gasteiger partial charge is 0.384 e. The minimum absolute atomic E-state index is 0.702. The van der Waals surface area contributed by atoms with Gasteiger partial charge in [0.1, 0.15) is 0 Å². The number of hydrogen-bond acceptors (Lipinski definition) is 3. The number of rotatable bonds is 6. The van der Waals surface area contributed by atoms with Crippen LogP contribution in [-0.2, 0) is 0 Å². The van der Waals surface area contributed by atoms with E-state index in [0.29, 0.717) is 6.04 Å². The Kier molecular flexibility index (Phi) is 2.91. The maximum atomic E-state index is 4.29. The molecule has 3 rings (SSSR count). The van der Waals surface area contributed by atoms with Crippen LogP contribution in [0.4, 0.5) is 11.4 Å². The normalized spacial score (nSPS) is 19.4. The van der Waals surface area contributed by atoms with Gasteiger partial charge in [-0.3, -0.25) is 4.98 Å². The van der Waals surface area contributed by atoms with Crippen molar-refractivity contribution in [2.45, 2.75) is 38.6 Å². The molecule has 1 aromatic heterocycles. The quantitative estimate of drug-likeness (QED) is 0.790. The van der Waals surface area contributed by atoms with Crippen LogP contribution in [0.3, 0.4) is 0 Å². The van der Waals surface area contributed by atoms with Gasteiger partial charge in [0, 0.05) is 12.6 Å². The SMILES string of the molecule is CCNc1cncc(NC(C2CC2)C2CC2)c1. The zero-order chi connectivity index (χ0) is 11.7. The van der Waals surface area contributed by atoms with Crippen molar-refractivity contribution in [1.82, 2.24) is 4.98 Å². The number of aromatic nitrogens is 1. The minimum Gasteiger partial charge on any atom is -0.384 e. The first-order valence-electron chi connectivity index (χ1n) is 6.82. The van der Waals surface area contributed by atoms with E-state index in [4.69, 9.17) is 0 Å². The van der Waals surface area contributed by atoms with Gasteiger partial charge in [-0.2, -0.15) is 0 Å². The first kappa shape index (κ1) is 10.9. The van der Waals surface area contributed by atoms with E-state index in [1.54, 1.807) is 0 Å². The Hall–Kier alpha value is -1.25. The van der Waals surface area contributed by atoms with Crippen LogP contribution >= 0.6 is 0 Å². The summed E-state index contributed by atoms with van der Waals surface area (Å²) in [5, 5.41) is 7.01. The molecule has 0 aliphatic heterocycles. The van der Waals surface area contributed by atoms with Crippen LogP contribution in [0.15, 0.2) is 18.5 Å². The summed E-state index contributed by atoms with van der Waals surface area (Å²) in [6, 6.07) is 2.88. The third-order valence-electron chi connectivity index (χ3n) is 3.71. The highest BCUT2D eigenvalue weighted by Crippen LogP contribution is 2.45. The number of hydrogen-bond donors (Lipinski definition) is 2. The Morgan fingerprint density at radius 2 is 1.82 bits per heavy atom. The summed E-state index contributed by atoms with van der Waals surface area (Å²) in [7, 11) is 0. The van der Waals surface area contributed by atoms with E-state index in [1.807, 2.05) is 12.4 Å². The molecule has 2 N–H and O–H groups in total. The van der Waals surface area contributed by atoms with E-state index in [2.05, 4.69) is 28.6 Å². The summed E-state index contributed by atoms with van der Waals surface area (Å²) in [5.74, 6) is 1.84. The van der Waals surface area contributed by atoms with Crippen LogP contribution in [0.1, 0.15) is 32.6 Å². The Morgan fingerprint density at radius 3 is 2.41 bits per heavy atom. The summed E-state index contributed by atoms with van der Waals surface area (Å²) in [4.78, 5) is 4.29. The third-order valence-corrected chi connectivity index (χ3v) is 3.71. The summed E-state index contributed by atoms with van der Waals surface area (Å²) >= 11 is 0. The molecular formula is C14H21N3. The molecule has 2 aliphatic carbocycles. The molecule has 3 nitrogen and oxygen atoms in total. The summed E-state index contributed by atoms with van der Waals surface area (Å²) in [6.07, 6.45) is 9.47. The van der Waals surface area contributed by atoms with E-state index in [0.717, 1.165) is 24.1 Å². The molecule has 0 saturated heterocycles. The van der Waals surface area contributed by atoms with Crippen molar-refractivity contribution in [2.24, 2.45) is 11.8 Å². The van der Waals surface area contributed by atoms with Crippen molar-refractivity contribution >= 4 is 11.4 Å². The number of nitrogens with zero attached hydrogens (tertiary/aromatic N) is 1. The second kappa shape index (κ2) is 4.55. The first-order valence-corrected chi connectivity index (χ1v) is 6.82. The molecule has 0 amide bonds. The van der Waals surface area contributed by atoms with Crippen molar-refractivity contribution < 1.29 is 0 Å². The molecule has 0 bridgehead atoms. The lowest BCUT2D eigenvalue weighted by atomic mass is 10.1. The van der Waals surface area contributed by atoms with Crippen LogP contribution in [0.2, 0.25) is 0 Å². The zero-order valence-electron chi connectivity index (χ0n) is 10.4. The lowest BCUT2D eigenvalue weighted by Gasteiger charge is -2.19. The van der Waals surface area contributed by atoms with Crippen molar-refractivity contribution in [3.8, 4) is 0 Å². The van der Waals surface area contributed by atoms with Gasteiger partial charge in [0.2, 0.25) is 0 Å². The van der Waals surface area contributed by atoms with Crippen LogP contribution < -0.4 is 10.6 Å². The highest BCUT2D eigenvalue weighted by molar-refractivity contribution is 5.54. The summed E-state index contributed by atoms with van der Waals surface area (Å²) < 4.78 is 0. The van der Waals surface area contributed by atoms with Crippen molar-refractivity contribution in [1.29, 1.82) is 0 Å². The average Bonchev–Trinajstić information content (AvgIpc) is 3.19. The lowest BCUT2D eigenvalue weighted by molar-refractivity contribution is 0.567. The molecule has 2 aliphatic rings. The Labute approximate surface area is 103 Å². The molecule has 0 unspecified atom stereocenters. The predicted octanol–water partition coefficient (Wildman–Crippen LogP) is 3.11. The van der Waals surface area contributed by atoms with Crippen LogP contribution in [-0.4, -0.2) is 17.6 Å². The second-order valence-corrected chi connectivity index (χ2v) is 5.34. The molecule has 1 aromatic rings. The fourth-order valence-corrected chi connectivity index (χ4v) is 2.54. The van der Waals surface area contributed by atoms with E-state index < -0.39 is 0 Å². The first-order chi connectivity index (χ1) is 8.36. The van der Waals surface area contributed by atoms with Gasteiger partial charge in [-0.1, -0.05) is 0 Å². The summed E-state index contributed by atoms with van der Waals surface area (Å²) in [5.41, 5.74) is 2.29. The number of nitrogens with one attached hydrogen (secondary N) is 2. The van der Waals surface area contributed by atoms with Crippen molar-refractivity contribution in [3.63, 3.8) is 0 Å². The maximum absolute atomic E-state index is 4.29. The number of anilines is 2. The monoisotopic (exact) mass is 231 g/mol. The zero-order valence-corrected chi connectivity index (χ0v) is 10.4. The van der Waals surface area contributed by atoms with Gasteiger partial charge < -0.3 is 10.6 Å². The average molecular weight is 231 g/mol. The van der Waals surface area contributed by atoms with E-state index >= 15 is 0 Å². The molecule has 0 aromatic carbocycles. The lowest BCUT2D eigenvalue weighted by Crippen LogP contribution is -2.24. The highest BCUT2D eigenvalue weighted by atomic mass is 15.0. The Bertz CT molecular complexity index is 371. The second-order valence-electron chi connectivity index (χ2n) is 5.34. The molecule has 3 heteroatoms. The van der Waals surface area contributed by atoms with Gasteiger partial charge in [0.25, 0.3) is 0 Å². The molecule has 2 fully saturated rings. The van der Waals surface area contributed by atoms with Crippen molar-refractivity contribution in [3.05, 3.63) is 18.5 Å². The fourth-order valence-electron chi connectivity index (χ4n) is 2.54.